The zero-order valence-electron chi connectivity index (χ0n) is 15.8. The molecule has 0 saturated heterocycles. The van der Waals surface area contributed by atoms with Crippen LogP contribution in [0.2, 0.25) is 0 Å². The summed E-state index contributed by atoms with van der Waals surface area (Å²) in [5, 5.41) is 9.03. The number of ether oxygens (including phenoxy) is 1. The molecule has 1 atom stereocenters. The molecule has 0 bridgehead atoms. The Balaban J connectivity index is 3.47. The van der Waals surface area contributed by atoms with E-state index in [1.54, 1.807) is 43.4 Å². The minimum atomic E-state index is -0.451. The van der Waals surface area contributed by atoms with E-state index in [9.17, 15) is 9.59 Å². The highest BCUT2D eigenvalue weighted by Gasteiger charge is 2.01. The highest BCUT2D eigenvalue weighted by atomic mass is 16.5. The molecular weight excluding hydrogens is 316 g/mol. The number of hydrogen-bond acceptors (Lipinski definition) is 4. The lowest BCUT2D eigenvalue weighted by molar-refractivity contribution is -0.143. The largest absolute Gasteiger partial charge is 0.466 e. The molecule has 0 aliphatic carbocycles. The minimum absolute atomic E-state index is 0.0945. The number of carbonyl (C=O) groups is 2. The standard InChI is InChI=1S/C21H34O4/c1-3-25-21(24)18-14-8-6-4-5-7-12-16-20(23)17-13-10-9-11-15-19(2)22/h9-11,13,15,17,19,22H,3-8,12,14,16,18H2,1-2H3. The van der Waals surface area contributed by atoms with Crippen molar-refractivity contribution >= 4 is 11.8 Å². The highest BCUT2D eigenvalue weighted by molar-refractivity contribution is 5.89. The predicted octanol–water partition coefficient (Wildman–Crippen LogP) is 4.68. The molecule has 142 valence electrons. The van der Waals surface area contributed by atoms with E-state index < -0.39 is 6.10 Å². The summed E-state index contributed by atoms with van der Waals surface area (Å²) in [6, 6.07) is 0. The van der Waals surface area contributed by atoms with E-state index in [1.807, 2.05) is 6.92 Å². The normalized spacial score (nSPS) is 13.1. The number of unbranched alkanes of at least 4 members (excludes halogenated alkanes) is 6. The van der Waals surface area contributed by atoms with E-state index in [4.69, 9.17) is 9.84 Å². The Morgan fingerprint density at radius 2 is 1.44 bits per heavy atom. The van der Waals surface area contributed by atoms with E-state index in [1.165, 1.54) is 0 Å². The number of ketones is 1. The smallest absolute Gasteiger partial charge is 0.305 e. The minimum Gasteiger partial charge on any atom is -0.466 e. The van der Waals surface area contributed by atoms with Crippen LogP contribution < -0.4 is 0 Å². The zero-order chi connectivity index (χ0) is 18.8. The molecule has 25 heavy (non-hydrogen) atoms. The predicted molar refractivity (Wildman–Crippen MR) is 102 cm³/mol. The summed E-state index contributed by atoms with van der Waals surface area (Å²) >= 11 is 0. The van der Waals surface area contributed by atoms with E-state index in [2.05, 4.69) is 0 Å². The second-order valence-electron chi connectivity index (χ2n) is 6.12. The van der Waals surface area contributed by atoms with Gasteiger partial charge in [0.25, 0.3) is 0 Å². The summed E-state index contributed by atoms with van der Waals surface area (Å²) in [6.07, 6.45) is 18.4. The number of rotatable bonds is 15. The first kappa shape index (κ1) is 23.3. The Morgan fingerprint density at radius 3 is 2.04 bits per heavy atom. The lowest BCUT2D eigenvalue weighted by Gasteiger charge is -2.02. The molecule has 0 fully saturated rings. The fourth-order valence-corrected chi connectivity index (χ4v) is 2.29. The van der Waals surface area contributed by atoms with Gasteiger partial charge in [-0.1, -0.05) is 62.5 Å². The number of esters is 1. The summed E-state index contributed by atoms with van der Waals surface area (Å²) in [5.74, 6) is 0.0569. The highest BCUT2D eigenvalue weighted by Crippen LogP contribution is 2.10. The molecule has 0 amide bonds. The molecule has 0 aromatic carbocycles. The molecule has 0 aliphatic rings. The van der Waals surface area contributed by atoms with Crippen molar-refractivity contribution in [1.29, 1.82) is 0 Å². The molecule has 0 rings (SSSR count). The molecule has 0 aliphatic heterocycles. The topological polar surface area (TPSA) is 63.6 Å². The molecule has 4 heteroatoms. The molecule has 0 spiro atoms. The summed E-state index contributed by atoms with van der Waals surface area (Å²) in [5.41, 5.74) is 0. The van der Waals surface area contributed by atoms with Gasteiger partial charge in [-0.05, 0) is 32.8 Å². The van der Waals surface area contributed by atoms with Crippen molar-refractivity contribution < 1.29 is 19.4 Å². The summed E-state index contributed by atoms with van der Waals surface area (Å²) in [7, 11) is 0. The van der Waals surface area contributed by atoms with Crippen molar-refractivity contribution in [1.82, 2.24) is 0 Å². The van der Waals surface area contributed by atoms with Crippen molar-refractivity contribution in [3.8, 4) is 0 Å². The van der Waals surface area contributed by atoms with Crippen LogP contribution in [0.3, 0.4) is 0 Å². The van der Waals surface area contributed by atoms with Gasteiger partial charge in [-0.25, -0.2) is 0 Å². The lowest BCUT2D eigenvalue weighted by atomic mass is 10.1. The number of aliphatic hydroxyl groups is 1. The molecule has 0 heterocycles. The van der Waals surface area contributed by atoms with Crippen LogP contribution >= 0.6 is 0 Å². The number of hydrogen-bond donors (Lipinski definition) is 1. The second-order valence-corrected chi connectivity index (χ2v) is 6.12. The Labute approximate surface area is 152 Å². The second kappa shape index (κ2) is 17.2. The first-order valence-corrected chi connectivity index (χ1v) is 9.44. The van der Waals surface area contributed by atoms with Crippen molar-refractivity contribution in [3.05, 3.63) is 36.5 Å². The quantitative estimate of drug-likeness (QED) is 0.202. The maximum Gasteiger partial charge on any atom is 0.305 e. The van der Waals surface area contributed by atoms with Crippen molar-refractivity contribution in [2.45, 2.75) is 77.7 Å². The monoisotopic (exact) mass is 350 g/mol. The SMILES string of the molecule is CCOC(=O)CCCCCCCCCC(=O)C=CC=CC=CC(C)O. The van der Waals surface area contributed by atoms with Gasteiger partial charge in [0.2, 0.25) is 0 Å². The fourth-order valence-electron chi connectivity index (χ4n) is 2.29. The summed E-state index contributed by atoms with van der Waals surface area (Å²) in [6.45, 7) is 3.97. The average Bonchev–Trinajstić information content (AvgIpc) is 2.56. The Kier molecular flexibility index (Phi) is 16.0. The molecule has 1 N–H and O–H groups in total. The van der Waals surface area contributed by atoms with Crippen LogP contribution in [0.15, 0.2) is 36.5 Å². The van der Waals surface area contributed by atoms with Gasteiger partial charge in [0.15, 0.2) is 5.78 Å². The molecule has 4 nitrogen and oxygen atoms in total. The number of aliphatic hydroxyl groups excluding tert-OH is 1. The van der Waals surface area contributed by atoms with Crippen molar-refractivity contribution in [2.24, 2.45) is 0 Å². The number of carbonyl (C=O) groups excluding carboxylic acids is 2. The Bertz CT molecular complexity index is 433. The lowest BCUT2D eigenvalue weighted by Crippen LogP contribution is -2.03. The van der Waals surface area contributed by atoms with E-state index in [0.717, 1.165) is 44.9 Å². The van der Waals surface area contributed by atoms with Gasteiger partial charge in [-0.15, -0.1) is 0 Å². The summed E-state index contributed by atoms with van der Waals surface area (Å²) < 4.78 is 4.89. The third-order valence-electron chi connectivity index (χ3n) is 3.61. The Hall–Kier alpha value is -1.68. The first-order chi connectivity index (χ1) is 12.1. The van der Waals surface area contributed by atoms with Gasteiger partial charge < -0.3 is 9.84 Å². The van der Waals surface area contributed by atoms with Crippen LogP contribution in [0.4, 0.5) is 0 Å². The van der Waals surface area contributed by atoms with Crippen molar-refractivity contribution in [3.63, 3.8) is 0 Å². The number of allylic oxidation sites excluding steroid dienone is 5. The maximum atomic E-state index is 11.7. The molecule has 0 aromatic heterocycles. The van der Waals surface area contributed by atoms with Gasteiger partial charge >= 0.3 is 5.97 Å². The van der Waals surface area contributed by atoms with Crippen LogP contribution in [0.1, 0.15) is 71.6 Å². The van der Waals surface area contributed by atoms with Gasteiger partial charge in [-0.2, -0.15) is 0 Å². The van der Waals surface area contributed by atoms with E-state index in [-0.39, 0.29) is 11.8 Å². The van der Waals surface area contributed by atoms with Gasteiger partial charge in [0.05, 0.1) is 12.7 Å². The van der Waals surface area contributed by atoms with Crippen LogP contribution in [0, 0.1) is 0 Å². The van der Waals surface area contributed by atoms with Gasteiger partial charge in [0, 0.05) is 12.8 Å². The fraction of sp³-hybridized carbons (Fsp3) is 0.619. The van der Waals surface area contributed by atoms with E-state index >= 15 is 0 Å². The van der Waals surface area contributed by atoms with E-state index in [0.29, 0.717) is 19.4 Å². The Morgan fingerprint density at radius 1 is 0.880 bits per heavy atom. The molecule has 0 aromatic rings. The zero-order valence-corrected chi connectivity index (χ0v) is 15.8. The van der Waals surface area contributed by atoms with Crippen LogP contribution in [0.25, 0.3) is 0 Å². The molecule has 1 unspecified atom stereocenters. The third kappa shape index (κ3) is 18.5. The maximum absolute atomic E-state index is 11.7. The summed E-state index contributed by atoms with van der Waals surface area (Å²) in [4.78, 5) is 22.8. The molecular formula is C21H34O4. The third-order valence-corrected chi connectivity index (χ3v) is 3.61. The van der Waals surface area contributed by atoms with Gasteiger partial charge in [0.1, 0.15) is 0 Å². The van der Waals surface area contributed by atoms with Crippen LogP contribution in [-0.2, 0) is 14.3 Å². The molecule has 0 saturated carbocycles. The first-order valence-electron chi connectivity index (χ1n) is 9.44. The van der Waals surface area contributed by atoms with Crippen LogP contribution in [0.5, 0.6) is 0 Å². The van der Waals surface area contributed by atoms with Gasteiger partial charge in [-0.3, -0.25) is 9.59 Å². The van der Waals surface area contributed by atoms with Crippen molar-refractivity contribution in [2.75, 3.05) is 6.61 Å². The average molecular weight is 350 g/mol. The molecule has 0 radical (unpaired) electrons. The van der Waals surface area contributed by atoms with Crippen LogP contribution in [-0.4, -0.2) is 29.6 Å².